The van der Waals surface area contributed by atoms with Crippen LogP contribution in [0.5, 0.6) is 5.75 Å². The van der Waals surface area contributed by atoms with Crippen molar-refractivity contribution in [3.8, 4) is 5.75 Å². The minimum atomic E-state index is -1.30. The van der Waals surface area contributed by atoms with Crippen LogP contribution in [0, 0.1) is 0 Å². The average molecular weight is 390 g/mol. The van der Waals surface area contributed by atoms with E-state index in [0.29, 0.717) is 5.56 Å². The van der Waals surface area contributed by atoms with Crippen molar-refractivity contribution in [3.63, 3.8) is 0 Å². The molecular formula is C19H22N2O7. The van der Waals surface area contributed by atoms with Gasteiger partial charge in [-0.2, -0.15) is 0 Å². The highest BCUT2D eigenvalue weighted by Crippen LogP contribution is 2.36. The van der Waals surface area contributed by atoms with Crippen molar-refractivity contribution in [1.82, 2.24) is 10.2 Å². The van der Waals surface area contributed by atoms with E-state index in [1.165, 1.54) is 18.2 Å². The summed E-state index contributed by atoms with van der Waals surface area (Å²) >= 11 is 0. The molecule has 0 aromatic heterocycles. The standard InChI is InChI=1S/C19H22N2O7/c1-19(2,3)28-15(23)9-27-10-4-5-11-12(8-10)18(26)21(17(11)25)13-6-7-14(22)20-16(13)24/h4-5,8,13,17,25H,6-7,9H2,1-3H3,(H,20,22,24). The minimum absolute atomic E-state index is 0.0908. The zero-order valence-corrected chi connectivity index (χ0v) is 15.9. The number of hydrogen-bond donors (Lipinski definition) is 2. The molecule has 28 heavy (non-hydrogen) atoms. The molecule has 9 heteroatoms. The van der Waals surface area contributed by atoms with Crippen LogP contribution in [0.2, 0.25) is 0 Å². The molecule has 0 bridgehead atoms. The van der Waals surface area contributed by atoms with Gasteiger partial charge in [0.05, 0.1) is 5.56 Å². The number of ether oxygens (including phenoxy) is 2. The number of piperidine rings is 1. The van der Waals surface area contributed by atoms with Crippen molar-refractivity contribution in [1.29, 1.82) is 0 Å². The Morgan fingerprint density at radius 2 is 2.00 bits per heavy atom. The van der Waals surface area contributed by atoms with Gasteiger partial charge >= 0.3 is 5.97 Å². The first-order valence-electron chi connectivity index (χ1n) is 8.90. The fraction of sp³-hybridized carbons (Fsp3) is 0.474. The summed E-state index contributed by atoms with van der Waals surface area (Å²) in [5.41, 5.74) is -0.126. The summed E-state index contributed by atoms with van der Waals surface area (Å²) in [5, 5.41) is 12.7. The van der Waals surface area contributed by atoms with Crippen molar-refractivity contribution in [2.45, 2.75) is 51.5 Å². The normalized spacial score (nSPS) is 22.0. The van der Waals surface area contributed by atoms with Crippen molar-refractivity contribution < 1.29 is 33.8 Å². The van der Waals surface area contributed by atoms with Crippen LogP contribution in [0.15, 0.2) is 18.2 Å². The van der Waals surface area contributed by atoms with Gasteiger partial charge in [0.25, 0.3) is 5.91 Å². The quantitative estimate of drug-likeness (QED) is 0.572. The number of rotatable bonds is 4. The summed E-state index contributed by atoms with van der Waals surface area (Å²) in [5.74, 6) is -1.85. The second-order valence-corrected chi connectivity index (χ2v) is 7.68. The fourth-order valence-corrected chi connectivity index (χ4v) is 3.21. The molecule has 9 nitrogen and oxygen atoms in total. The highest BCUT2D eigenvalue weighted by Gasteiger charge is 2.44. The van der Waals surface area contributed by atoms with Crippen LogP contribution in [0.25, 0.3) is 0 Å². The molecule has 2 aliphatic heterocycles. The summed E-state index contributed by atoms with van der Waals surface area (Å²) in [6.07, 6.45) is -1.07. The van der Waals surface area contributed by atoms with Gasteiger partial charge in [0.15, 0.2) is 12.8 Å². The van der Waals surface area contributed by atoms with Gasteiger partial charge in [0.1, 0.15) is 17.4 Å². The number of imide groups is 1. The second-order valence-electron chi connectivity index (χ2n) is 7.68. The van der Waals surface area contributed by atoms with E-state index in [-0.39, 0.29) is 30.8 Å². The summed E-state index contributed by atoms with van der Waals surface area (Å²) in [6, 6.07) is 3.51. The molecule has 2 heterocycles. The maximum Gasteiger partial charge on any atom is 0.344 e. The maximum absolute atomic E-state index is 12.8. The van der Waals surface area contributed by atoms with Crippen LogP contribution in [-0.4, -0.2) is 51.9 Å². The number of hydrogen-bond acceptors (Lipinski definition) is 7. The number of nitrogens with zero attached hydrogens (tertiary/aromatic N) is 1. The molecule has 0 spiro atoms. The molecule has 1 saturated heterocycles. The van der Waals surface area contributed by atoms with Crippen LogP contribution >= 0.6 is 0 Å². The van der Waals surface area contributed by atoms with Gasteiger partial charge in [-0.05, 0) is 39.3 Å². The summed E-state index contributed by atoms with van der Waals surface area (Å²) in [7, 11) is 0. The predicted octanol–water partition coefficient (Wildman–Crippen LogP) is 0.659. The molecule has 3 amide bonds. The highest BCUT2D eigenvalue weighted by atomic mass is 16.6. The molecule has 2 atom stereocenters. The van der Waals surface area contributed by atoms with Crippen molar-refractivity contribution in [2.75, 3.05) is 6.61 Å². The Kier molecular flexibility index (Phi) is 5.12. The van der Waals surface area contributed by atoms with E-state index in [0.717, 1.165) is 4.90 Å². The third kappa shape index (κ3) is 3.99. The van der Waals surface area contributed by atoms with Crippen LogP contribution in [-0.2, 0) is 19.1 Å². The molecule has 1 fully saturated rings. The SMILES string of the molecule is CC(C)(C)OC(=O)COc1ccc2c(c1)C(=O)N(C1CCC(=O)NC1=O)C2O. The first-order valence-corrected chi connectivity index (χ1v) is 8.90. The smallest absolute Gasteiger partial charge is 0.344 e. The number of aliphatic hydroxyl groups is 1. The van der Waals surface area contributed by atoms with Crippen molar-refractivity contribution >= 4 is 23.7 Å². The zero-order valence-electron chi connectivity index (χ0n) is 15.9. The molecule has 0 radical (unpaired) electrons. The average Bonchev–Trinajstić information content (AvgIpc) is 2.83. The van der Waals surface area contributed by atoms with Crippen LogP contribution in [0.4, 0.5) is 0 Å². The van der Waals surface area contributed by atoms with Gasteiger partial charge in [-0.1, -0.05) is 6.07 Å². The van der Waals surface area contributed by atoms with E-state index >= 15 is 0 Å². The van der Waals surface area contributed by atoms with Crippen LogP contribution in [0.1, 0.15) is 55.8 Å². The number of nitrogens with one attached hydrogen (secondary N) is 1. The molecule has 1 aromatic carbocycles. The van der Waals surface area contributed by atoms with Gasteiger partial charge in [-0.25, -0.2) is 4.79 Å². The Hall–Kier alpha value is -2.94. The van der Waals surface area contributed by atoms with Gasteiger partial charge in [-0.3, -0.25) is 24.6 Å². The number of aliphatic hydroxyl groups excluding tert-OH is 1. The molecule has 0 saturated carbocycles. The van der Waals surface area contributed by atoms with Gasteiger partial charge in [0, 0.05) is 12.0 Å². The molecule has 3 rings (SSSR count). The maximum atomic E-state index is 12.8. The van der Waals surface area contributed by atoms with Crippen molar-refractivity contribution in [2.24, 2.45) is 0 Å². The summed E-state index contributed by atoms with van der Waals surface area (Å²) in [4.78, 5) is 49.0. The topological polar surface area (TPSA) is 122 Å². The minimum Gasteiger partial charge on any atom is -0.482 e. The molecule has 2 unspecified atom stereocenters. The monoisotopic (exact) mass is 390 g/mol. The Morgan fingerprint density at radius 1 is 1.29 bits per heavy atom. The molecule has 2 N–H and O–H groups in total. The molecule has 2 aliphatic rings. The number of fused-ring (bicyclic) bond motifs is 1. The lowest BCUT2D eigenvalue weighted by atomic mass is 10.0. The Balaban J connectivity index is 1.73. The highest BCUT2D eigenvalue weighted by molar-refractivity contribution is 6.05. The largest absolute Gasteiger partial charge is 0.482 e. The third-order valence-corrected chi connectivity index (χ3v) is 4.35. The first-order chi connectivity index (χ1) is 13.1. The van der Waals surface area contributed by atoms with E-state index in [1.54, 1.807) is 20.8 Å². The number of carbonyl (C=O) groups is 4. The molecule has 150 valence electrons. The number of esters is 1. The number of benzene rings is 1. The zero-order chi connectivity index (χ0) is 20.6. The van der Waals surface area contributed by atoms with Gasteiger partial charge in [0.2, 0.25) is 11.8 Å². The van der Waals surface area contributed by atoms with E-state index in [9.17, 15) is 24.3 Å². The van der Waals surface area contributed by atoms with E-state index < -0.39 is 41.6 Å². The molecule has 0 aliphatic carbocycles. The van der Waals surface area contributed by atoms with Gasteiger partial charge < -0.3 is 14.6 Å². The molecular weight excluding hydrogens is 368 g/mol. The lowest BCUT2D eigenvalue weighted by Crippen LogP contribution is -2.53. The van der Waals surface area contributed by atoms with E-state index in [2.05, 4.69) is 5.32 Å². The van der Waals surface area contributed by atoms with E-state index in [4.69, 9.17) is 9.47 Å². The summed E-state index contributed by atoms with van der Waals surface area (Å²) in [6.45, 7) is 4.89. The lowest BCUT2D eigenvalue weighted by Gasteiger charge is -2.31. The Bertz CT molecular complexity index is 843. The third-order valence-electron chi connectivity index (χ3n) is 4.35. The fourth-order valence-electron chi connectivity index (χ4n) is 3.21. The second kappa shape index (κ2) is 7.23. The van der Waals surface area contributed by atoms with Crippen molar-refractivity contribution in [3.05, 3.63) is 29.3 Å². The van der Waals surface area contributed by atoms with E-state index in [1.807, 2.05) is 0 Å². The Labute approximate surface area is 161 Å². The molecule has 1 aromatic rings. The lowest BCUT2D eigenvalue weighted by molar-refractivity contribution is -0.157. The van der Waals surface area contributed by atoms with Crippen LogP contribution in [0.3, 0.4) is 0 Å². The van der Waals surface area contributed by atoms with Crippen LogP contribution < -0.4 is 10.1 Å². The number of amides is 3. The first kappa shape index (κ1) is 19.8. The Morgan fingerprint density at radius 3 is 2.64 bits per heavy atom. The van der Waals surface area contributed by atoms with Gasteiger partial charge in [-0.15, -0.1) is 0 Å². The number of carbonyl (C=O) groups excluding carboxylic acids is 4. The summed E-state index contributed by atoms with van der Waals surface area (Å²) < 4.78 is 10.5. The predicted molar refractivity (Wildman–Crippen MR) is 95.1 cm³/mol.